The fraction of sp³-hybridized carbons (Fsp3) is 0.392. The molecule has 0 N–H and O–H groups in total. The van der Waals surface area contributed by atoms with E-state index >= 15 is 0 Å². The largest absolute Gasteiger partial charge is 1.00 e. The molecule has 2 unspecified atom stereocenters. The third-order valence-electron chi connectivity index (χ3n) is 14.9. The Bertz CT molecular complexity index is 2010. The first-order chi connectivity index (χ1) is 24.5. The Kier molecular flexibility index (Phi) is 13.5. The van der Waals surface area contributed by atoms with Gasteiger partial charge in [0.25, 0.3) is 0 Å². The molecule has 1 fully saturated rings. The van der Waals surface area contributed by atoms with Crippen molar-refractivity contribution in [1.82, 2.24) is 0 Å². The molecule has 54 heavy (non-hydrogen) atoms. The molecule has 2 atom stereocenters. The van der Waals surface area contributed by atoms with Crippen molar-refractivity contribution in [1.29, 1.82) is 0 Å². The quantitative estimate of drug-likeness (QED) is 0.185. The van der Waals surface area contributed by atoms with E-state index < -0.39 is 0 Å². The van der Waals surface area contributed by atoms with Crippen molar-refractivity contribution in [3.63, 3.8) is 0 Å². The van der Waals surface area contributed by atoms with E-state index in [0.29, 0.717) is 5.92 Å². The van der Waals surface area contributed by atoms with Crippen LogP contribution in [0.1, 0.15) is 113 Å². The van der Waals surface area contributed by atoms with Crippen molar-refractivity contribution in [2.75, 3.05) is 0 Å². The van der Waals surface area contributed by atoms with E-state index in [0.717, 1.165) is 6.42 Å². The van der Waals surface area contributed by atoms with Crippen LogP contribution in [0.4, 0.5) is 0 Å². The van der Waals surface area contributed by atoms with Crippen LogP contribution in [-0.4, -0.2) is 3.21 Å². The Morgan fingerprint density at radius 2 is 1.28 bits per heavy atom. The smallest absolute Gasteiger partial charge is 0.172 e. The molecule has 1 saturated carbocycles. The molecule has 3 heteroatoms. The average Bonchev–Trinajstić information content (AvgIpc) is 3.82. The van der Waals surface area contributed by atoms with Crippen LogP contribution in [0.2, 0.25) is 0 Å². The van der Waals surface area contributed by atoms with E-state index in [-0.39, 0.29) is 46.5 Å². The first-order valence-electron chi connectivity index (χ1n) is 19.4. The molecule has 0 saturated heterocycles. The zero-order valence-electron chi connectivity index (χ0n) is 34.8. The van der Waals surface area contributed by atoms with Crippen LogP contribution in [-0.2, 0) is 30.7 Å². The van der Waals surface area contributed by atoms with Crippen molar-refractivity contribution in [2.24, 2.45) is 27.6 Å². The maximum atomic E-state index is 2.62. The maximum Gasteiger partial charge on any atom is -0.172 e. The zero-order valence-corrected chi connectivity index (χ0v) is 38.7. The minimum Gasteiger partial charge on any atom is -1.00 e. The van der Waals surface area contributed by atoms with Gasteiger partial charge in [-0.1, -0.05) is 113 Å². The van der Waals surface area contributed by atoms with Gasteiger partial charge in [-0.05, 0) is 40.6 Å². The standard InChI is InChI=1S/C29H37.C17H18.C5H5.2ClH.Zr/c1-18-25-22-17-19-13-9-10-14-20(19)24(22)21-15-11-12-16-23(21)29(25,8)28(6,7)27(4,5)26(18,2)3;1-12-5-7-16(9-14(12)3)11-17-8-6-13(2)15(4)10-17;1-2-4-5-3-1;;;/h9-11,13-15,23H,12,16-17H2,1-8H3;5-10H,1-4H3;1-5H;2*1H;/q-1;;-1;;;+2/p-2. The average molecular weight is 835 g/mol. The van der Waals surface area contributed by atoms with Gasteiger partial charge in [0, 0.05) is 0 Å². The molecule has 0 nitrogen and oxygen atoms in total. The molecule has 0 bridgehead atoms. The molecule has 4 aliphatic carbocycles. The minimum atomic E-state index is 0. The number of fused-ring (bicyclic) bond motifs is 6. The van der Waals surface area contributed by atoms with Crippen LogP contribution in [0.15, 0.2) is 120 Å². The van der Waals surface area contributed by atoms with Gasteiger partial charge < -0.3 is 24.8 Å². The van der Waals surface area contributed by atoms with E-state index in [2.05, 4.69) is 156 Å². The summed E-state index contributed by atoms with van der Waals surface area (Å²) in [6.07, 6.45) is 8.50. The summed E-state index contributed by atoms with van der Waals surface area (Å²) in [6.45, 7) is 29.0. The molecule has 0 heterocycles. The second kappa shape index (κ2) is 16.5. The van der Waals surface area contributed by atoms with Crippen molar-refractivity contribution in [2.45, 2.75) is 102 Å². The van der Waals surface area contributed by atoms with Crippen LogP contribution >= 0.6 is 0 Å². The minimum absolute atomic E-state index is 0. The number of benzene rings is 3. The number of hydrogen-bond acceptors (Lipinski definition) is 0. The van der Waals surface area contributed by atoms with Crippen molar-refractivity contribution in [3.05, 3.63) is 170 Å². The predicted molar refractivity (Wildman–Crippen MR) is 221 cm³/mol. The van der Waals surface area contributed by atoms with E-state index in [9.17, 15) is 0 Å². The molecule has 4 aromatic rings. The molecule has 4 aromatic carbocycles. The molecule has 8 rings (SSSR count). The summed E-state index contributed by atoms with van der Waals surface area (Å²) < 4.78 is 1.44. The summed E-state index contributed by atoms with van der Waals surface area (Å²) in [5.74, 6) is 2.24. The second-order valence-corrected chi connectivity index (χ2v) is 18.9. The molecule has 0 amide bonds. The maximum absolute atomic E-state index is 2.62. The van der Waals surface area contributed by atoms with Crippen LogP contribution in [0.5, 0.6) is 0 Å². The molecule has 0 aliphatic heterocycles. The summed E-state index contributed by atoms with van der Waals surface area (Å²) in [5, 5.41) is 0. The Hall–Kier alpha value is -2.57. The Balaban J connectivity index is 0.000000222. The van der Waals surface area contributed by atoms with Gasteiger partial charge in [-0.15, -0.1) is 6.92 Å². The fourth-order valence-electron chi connectivity index (χ4n) is 9.85. The monoisotopic (exact) mass is 832 g/mol. The third-order valence-corrected chi connectivity index (χ3v) is 16.4. The molecule has 284 valence electrons. The van der Waals surface area contributed by atoms with Gasteiger partial charge in [-0.2, -0.15) is 29.3 Å². The predicted octanol–water partition coefficient (Wildman–Crippen LogP) is 7.41. The van der Waals surface area contributed by atoms with Crippen molar-refractivity contribution < 1.29 is 49.0 Å². The molecular formula is C51H60Cl2Zr-2. The number of aryl methyl sites for hydroxylation is 4. The summed E-state index contributed by atoms with van der Waals surface area (Å²) in [4.78, 5) is 0. The first-order valence-corrected chi connectivity index (χ1v) is 20.7. The van der Waals surface area contributed by atoms with E-state index in [1.165, 1.54) is 84.8 Å². The van der Waals surface area contributed by atoms with Gasteiger partial charge in [0.2, 0.25) is 0 Å². The summed E-state index contributed by atoms with van der Waals surface area (Å²) in [7, 11) is 0. The van der Waals surface area contributed by atoms with Crippen molar-refractivity contribution in [3.8, 4) is 0 Å². The van der Waals surface area contributed by atoms with Crippen LogP contribution in [0.25, 0.3) is 5.57 Å². The number of halogens is 2. The third kappa shape index (κ3) is 7.14. The van der Waals surface area contributed by atoms with Crippen molar-refractivity contribution >= 4 is 8.78 Å². The van der Waals surface area contributed by atoms with E-state index in [4.69, 9.17) is 0 Å². The van der Waals surface area contributed by atoms with Crippen LogP contribution < -0.4 is 24.8 Å². The molecule has 0 spiro atoms. The summed E-state index contributed by atoms with van der Waals surface area (Å²) in [6, 6.07) is 32.7. The van der Waals surface area contributed by atoms with Crippen LogP contribution in [0.3, 0.4) is 0 Å². The topological polar surface area (TPSA) is 0 Å². The van der Waals surface area contributed by atoms with Gasteiger partial charge >= 0.3 is 125 Å². The zero-order chi connectivity index (χ0) is 37.8. The Morgan fingerprint density at radius 3 is 1.80 bits per heavy atom. The summed E-state index contributed by atoms with van der Waals surface area (Å²) in [5.41, 5.74) is 18.5. The Morgan fingerprint density at radius 1 is 0.722 bits per heavy atom. The second-order valence-electron chi connectivity index (χ2n) is 17.7. The molecule has 0 aromatic heterocycles. The number of allylic oxidation sites excluding steroid dienone is 6. The first kappa shape index (κ1) is 44.2. The Labute approximate surface area is 355 Å². The van der Waals surface area contributed by atoms with Gasteiger partial charge in [-0.3, -0.25) is 0 Å². The summed E-state index contributed by atoms with van der Waals surface area (Å²) >= 11 is 1.47. The van der Waals surface area contributed by atoms with E-state index in [1.54, 1.807) is 28.2 Å². The molecule has 4 aliphatic rings. The number of rotatable bonds is 2. The van der Waals surface area contributed by atoms with Gasteiger partial charge in [0.1, 0.15) is 0 Å². The molecular weight excluding hydrogens is 775 g/mol. The van der Waals surface area contributed by atoms with Gasteiger partial charge in [-0.25, -0.2) is 18.1 Å². The molecule has 0 radical (unpaired) electrons. The number of hydrogen-bond donors (Lipinski definition) is 0. The van der Waals surface area contributed by atoms with Crippen LogP contribution in [0, 0.1) is 61.2 Å². The normalized spacial score (nSPS) is 22.1. The fourth-order valence-corrected chi connectivity index (χ4v) is 10.6. The van der Waals surface area contributed by atoms with E-state index in [1.807, 2.05) is 30.3 Å². The SMILES string of the molecule is C[C-]1C2=C3Cc4ccccc4C3=C3C=CCCC3C2(C)C(C)(C)C(C)(C)C1(C)C.Cc1ccc([C](=[Zr+2])c2ccc(C)c(C)c2)cc1C.[Cl-].[Cl-].c1cc[cH-]c1. The van der Waals surface area contributed by atoms with Gasteiger partial charge in [0.15, 0.2) is 0 Å². The van der Waals surface area contributed by atoms with Gasteiger partial charge in [0.05, 0.1) is 0 Å².